The maximum absolute atomic E-state index is 10.8. The summed E-state index contributed by atoms with van der Waals surface area (Å²) in [6.45, 7) is 5.11. The topological polar surface area (TPSA) is 29.5 Å². The maximum Gasteiger partial charge on any atom is 0.0722 e. The highest BCUT2D eigenvalue weighted by molar-refractivity contribution is 4.93. The molecule has 4 unspecified atom stereocenters. The predicted octanol–water partition coefficient (Wildman–Crippen LogP) is 3.13. The molecule has 2 nitrogen and oxygen atoms in total. The van der Waals surface area contributed by atoms with Gasteiger partial charge in [-0.2, -0.15) is 0 Å². The summed E-state index contributed by atoms with van der Waals surface area (Å²) < 4.78 is 5.56. The van der Waals surface area contributed by atoms with Crippen LogP contribution in [0.2, 0.25) is 0 Å². The van der Waals surface area contributed by atoms with Gasteiger partial charge in [-0.05, 0) is 38.0 Å². The molecule has 0 radical (unpaired) electrons. The normalized spacial score (nSPS) is 45.6. The Kier molecular flexibility index (Phi) is 3.91. The van der Waals surface area contributed by atoms with Gasteiger partial charge in [0, 0.05) is 13.0 Å². The van der Waals surface area contributed by atoms with Crippen LogP contribution in [0.15, 0.2) is 0 Å². The van der Waals surface area contributed by atoms with Gasteiger partial charge in [0.15, 0.2) is 0 Å². The summed E-state index contributed by atoms with van der Waals surface area (Å²) in [5.41, 5.74) is -0.425. The van der Waals surface area contributed by atoms with Crippen LogP contribution in [-0.2, 0) is 4.74 Å². The zero-order valence-corrected chi connectivity index (χ0v) is 10.7. The highest BCUT2D eigenvalue weighted by Gasteiger charge is 2.42. The third-order valence-corrected chi connectivity index (χ3v) is 4.70. The van der Waals surface area contributed by atoms with Gasteiger partial charge in [0.2, 0.25) is 0 Å². The molecular weight excluding hydrogens is 200 g/mol. The monoisotopic (exact) mass is 226 g/mol. The molecule has 0 spiro atoms. The second-order valence-electron chi connectivity index (χ2n) is 5.88. The zero-order valence-electron chi connectivity index (χ0n) is 10.7. The van der Waals surface area contributed by atoms with Crippen molar-refractivity contribution in [1.29, 1.82) is 0 Å². The summed E-state index contributed by atoms with van der Waals surface area (Å²) in [6.07, 6.45) is 8.33. The van der Waals surface area contributed by atoms with Gasteiger partial charge in [-0.15, -0.1) is 0 Å². The van der Waals surface area contributed by atoms with E-state index in [9.17, 15) is 5.11 Å². The fraction of sp³-hybridized carbons (Fsp3) is 1.00. The van der Waals surface area contributed by atoms with E-state index in [4.69, 9.17) is 4.74 Å². The van der Waals surface area contributed by atoms with Crippen LogP contribution in [-0.4, -0.2) is 23.4 Å². The Labute approximate surface area is 99.4 Å². The summed E-state index contributed by atoms with van der Waals surface area (Å²) in [4.78, 5) is 0. The minimum Gasteiger partial charge on any atom is -0.389 e. The summed E-state index contributed by atoms with van der Waals surface area (Å²) in [5.74, 6) is 1.37. The Morgan fingerprint density at radius 3 is 2.88 bits per heavy atom. The van der Waals surface area contributed by atoms with Crippen molar-refractivity contribution < 1.29 is 9.84 Å². The van der Waals surface area contributed by atoms with Gasteiger partial charge in [0.05, 0.1) is 11.7 Å². The molecule has 1 aliphatic heterocycles. The van der Waals surface area contributed by atoms with Crippen molar-refractivity contribution in [3.05, 3.63) is 0 Å². The third-order valence-electron chi connectivity index (χ3n) is 4.70. The number of hydrogen-bond donors (Lipinski definition) is 1. The molecule has 2 heteroatoms. The Balaban J connectivity index is 1.98. The summed E-state index contributed by atoms with van der Waals surface area (Å²) in [7, 11) is 0. The van der Waals surface area contributed by atoms with Crippen molar-refractivity contribution >= 4 is 0 Å². The average molecular weight is 226 g/mol. The van der Waals surface area contributed by atoms with E-state index in [0.29, 0.717) is 5.92 Å². The average Bonchev–Trinajstić information content (AvgIpc) is 2.29. The molecule has 0 bridgehead atoms. The molecule has 2 fully saturated rings. The standard InChI is InChI=1S/C14H26O2/c1-3-12-5-4-6-13(9-12)14(15)7-8-16-11(2)10-14/h11-13,15H,3-10H2,1-2H3. The van der Waals surface area contributed by atoms with Gasteiger partial charge in [0.25, 0.3) is 0 Å². The van der Waals surface area contributed by atoms with Gasteiger partial charge in [-0.1, -0.05) is 26.2 Å². The third kappa shape index (κ3) is 2.60. The van der Waals surface area contributed by atoms with E-state index in [2.05, 4.69) is 13.8 Å². The Hall–Kier alpha value is -0.0800. The molecule has 4 atom stereocenters. The molecule has 0 amide bonds. The minimum absolute atomic E-state index is 0.237. The van der Waals surface area contributed by atoms with Crippen molar-refractivity contribution in [1.82, 2.24) is 0 Å². The molecule has 1 saturated carbocycles. The first kappa shape index (κ1) is 12.4. The first-order chi connectivity index (χ1) is 7.64. The van der Waals surface area contributed by atoms with E-state index in [1.54, 1.807) is 0 Å². The predicted molar refractivity (Wildman–Crippen MR) is 65.3 cm³/mol. The molecule has 16 heavy (non-hydrogen) atoms. The molecule has 1 saturated heterocycles. The molecule has 0 aromatic heterocycles. The lowest BCUT2D eigenvalue weighted by Gasteiger charge is -2.44. The Morgan fingerprint density at radius 2 is 2.19 bits per heavy atom. The first-order valence-corrected chi connectivity index (χ1v) is 6.98. The minimum atomic E-state index is -0.425. The number of hydrogen-bond acceptors (Lipinski definition) is 2. The van der Waals surface area contributed by atoms with Crippen molar-refractivity contribution in [2.24, 2.45) is 11.8 Å². The molecule has 1 heterocycles. The van der Waals surface area contributed by atoms with Crippen molar-refractivity contribution in [2.75, 3.05) is 6.61 Å². The van der Waals surface area contributed by atoms with Crippen molar-refractivity contribution in [3.8, 4) is 0 Å². The van der Waals surface area contributed by atoms with E-state index < -0.39 is 5.60 Å². The Bertz CT molecular complexity index is 229. The lowest BCUT2D eigenvalue weighted by atomic mass is 9.68. The van der Waals surface area contributed by atoms with E-state index in [0.717, 1.165) is 25.4 Å². The molecule has 94 valence electrons. The second kappa shape index (κ2) is 5.05. The number of aliphatic hydroxyl groups is 1. The Morgan fingerprint density at radius 1 is 1.38 bits per heavy atom. The zero-order chi connectivity index (χ0) is 11.6. The maximum atomic E-state index is 10.8. The van der Waals surface area contributed by atoms with Gasteiger partial charge in [-0.25, -0.2) is 0 Å². The summed E-state index contributed by atoms with van der Waals surface area (Å²) in [6, 6.07) is 0. The lowest BCUT2D eigenvalue weighted by Crippen LogP contribution is -2.47. The van der Waals surface area contributed by atoms with E-state index >= 15 is 0 Å². The molecular formula is C14H26O2. The van der Waals surface area contributed by atoms with Gasteiger partial charge in [0.1, 0.15) is 0 Å². The molecule has 2 rings (SSSR count). The molecule has 0 aromatic rings. The van der Waals surface area contributed by atoms with Crippen LogP contribution in [0.3, 0.4) is 0 Å². The van der Waals surface area contributed by atoms with Crippen LogP contribution >= 0.6 is 0 Å². The van der Waals surface area contributed by atoms with Crippen molar-refractivity contribution in [3.63, 3.8) is 0 Å². The van der Waals surface area contributed by atoms with E-state index in [-0.39, 0.29) is 6.10 Å². The van der Waals surface area contributed by atoms with Gasteiger partial charge < -0.3 is 9.84 Å². The highest BCUT2D eigenvalue weighted by Crippen LogP contribution is 2.42. The van der Waals surface area contributed by atoms with Crippen LogP contribution in [0.5, 0.6) is 0 Å². The largest absolute Gasteiger partial charge is 0.389 e. The van der Waals surface area contributed by atoms with Crippen LogP contribution in [0.4, 0.5) is 0 Å². The molecule has 0 aromatic carbocycles. The van der Waals surface area contributed by atoms with Crippen LogP contribution in [0, 0.1) is 11.8 Å². The summed E-state index contributed by atoms with van der Waals surface area (Å²) in [5, 5.41) is 10.8. The smallest absolute Gasteiger partial charge is 0.0722 e. The highest BCUT2D eigenvalue weighted by atomic mass is 16.5. The lowest BCUT2D eigenvalue weighted by molar-refractivity contribution is -0.136. The van der Waals surface area contributed by atoms with E-state index in [1.807, 2.05) is 0 Å². The van der Waals surface area contributed by atoms with E-state index in [1.165, 1.54) is 32.1 Å². The number of ether oxygens (including phenoxy) is 1. The molecule has 1 N–H and O–H groups in total. The fourth-order valence-corrected chi connectivity index (χ4v) is 3.62. The quantitative estimate of drug-likeness (QED) is 0.784. The van der Waals surface area contributed by atoms with Gasteiger partial charge in [-0.3, -0.25) is 0 Å². The molecule has 2 aliphatic rings. The van der Waals surface area contributed by atoms with Gasteiger partial charge >= 0.3 is 0 Å². The van der Waals surface area contributed by atoms with Crippen LogP contribution in [0.1, 0.15) is 58.8 Å². The number of rotatable bonds is 2. The summed E-state index contributed by atoms with van der Waals surface area (Å²) >= 11 is 0. The second-order valence-corrected chi connectivity index (χ2v) is 5.88. The molecule has 1 aliphatic carbocycles. The fourth-order valence-electron chi connectivity index (χ4n) is 3.62. The SMILES string of the molecule is CCC1CCCC(C2(O)CCOC(C)C2)C1. The van der Waals surface area contributed by atoms with Crippen molar-refractivity contribution in [2.45, 2.75) is 70.5 Å². The van der Waals surface area contributed by atoms with Crippen LogP contribution in [0.25, 0.3) is 0 Å². The first-order valence-electron chi connectivity index (χ1n) is 6.98. The van der Waals surface area contributed by atoms with Crippen LogP contribution < -0.4 is 0 Å².